The van der Waals surface area contributed by atoms with Gasteiger partial charge >= 0.3 is 0 Å². The van der Waals surface area contributed by atoms with Crippen LogP contribution >= 0.6 is 11.3 Å². The van der Waals surface area contributed by atoms with Gasteiger partial charge in [-0.2, -0.15) is 5.10 Å². The fourth-order valence-corrected chi connectivity index (χ4v) is 4.41. The van der Waals surface area contributed by atoms with Crippen molar-refractivity contribution in [1.82, 2.24) is 14.8 Å². The number of rotatable bonds is 5. The third-order valence-corrected chi connectivity index (χ3v) is 6.33. The second-order valence-electron chi connectivity index (χ2n) is 6.57. The Bertz CT molecular complexity index is 1410. The molecule has 30 heavy (non-hydrogen) atoms. The highest BCUT2D eigenvalue weighted by Crippen LogP contribution is 2.28. The molecule has 4 aromatic rings. The van der Waals surface area contributed by atoms with Gasteiger partial charge in [-0.1, -0.05) is 41.7 Å². The summed E-state index contributed by atoms with van der Waals surface area (Å²) in [4.78, 5) is 29.2. The van der Waals surface area contributed by atoms with Crippen molar-refractivity contribution in [2.75, 3.05) is 11.6 Å². The highest BCUT2D eigenvalue weighted by atomic mass is 32.2. The quantitative estimate of drug-likeness (QED) is 0.511. The number of nitrogens with one attached hydrogen (secondary N) is 1. The number of hydrogen-bond donors (Lipinski definition) is 1. The van der Waals surface area contributed by atoms with Gasteiger partial charge in [0.05, 0.1) is 21.7 Å². The summed E-state index contributed by atoms with van der Waals surface area (Å²) in [5.41, 5.74) is 1.22. The molecule has 2 heterocycles. The van der Waals surface area contributed by atoms with E-state index in [1.54, 1.807) is 6.07 Å². The van der Waals surface area contributed by atoms with Gasteiger partial charge in [0.2, 0.25) is 0 Å². The highest BCUT2D eigenvalue weighted by Gasteiger charge is 2.15. The monoisotopic (exact) mass is 440 g/mol. The molecule has 0 aliphatic rings. The van der Waals surface area contributed by atoms with Gasteiger partial charge in [0.15, 0.2) is 15.0 Å². The van der Waals surface area contributed by atoms with E-state index >= 15 is 0 Å². The van der Waals surface area contributed by atoms with Crippen LogP contribution in [0.15, 0.2) is 70.4 Å². The van der Waals surface area contributed by atoms with E-state index in [9.17, 15) is 18.0 Å². The summed E-state index contributed by atoms with van der Waals surface area (Å²) < 4.78 is 25.3. The second-order valence-corrected chi connectivity index (χ2v) is 9.62. The summed E-state index contributed by atoms with van der Waals surface area (Å²) in [5, 5.41) is 7.12. The van der Waals surface area contributed by atoms with Crippen molar-refractivity contribution < 1.29 is 13.2 Å². The van der Waals surface area contributed by atoms with E-state index in [1.165, 1.54) is 28.9 Å². The van der Waals surface area contributed by atoms with Crippen LogP contribution in [0.4, 0.5) is 5.13 Å². The number of benzene rings is 2. The summed E-state index contributed by atoms with van der Waals surface area (Å²) in [5.74, 6) is -0.515. The van der Waals surface area contributed by atoms with Crippen LogP contribution in [0, 0.1) is 0 Å². The van der Waals surface area contributed by atoms with Crippen LogP contribution in [0.25, 0.3) is 10.2 Å². The first-order valence-electron chi connectivity index (χ1n) is 8.84. The first-order chi connectivity index (χ1) is 14.3. The average Bonchev–Trinajstić information content (AvgIpc) is 3.11. The molecule has 2 aromatic heterocycles. The van der Waals surface area contributed by atoms with Crippen LogP contribution in [0.2, 0.25) is 0 Å². The Morgan fingerprint density at radius 2 is 1.87 bits per heavy atom. The van der Waals surface area contributed by atoms with E-state index in [1.807, 2.05) is 30.3 Å². The standard InChI is InChI=1S/C20H16N4O4S2/c1-30(27,28)14-7-8-15-17(11-14)29-20(21-15)22-19(26)16-9-10-18(25)24(23-16)12-13-5-3-2-4-6-13/h2-11H,12H2,1H3,(H,21,22,26). The molecule has 0 aliphatic heterocycles. The molecule has 0 radical (unpaired) electrons. The van der Waals surface area contributed by atoms with E-state index in [2.05, 4.69) is 15.4 Å². The maximum Gasteiger partial charge on any atom is 0.277 e. The normalized spacial score (nSPS) is 11.5. The lowest BCUT2D eigenvalue weighted by atomic mass is 10.2. The first-order valence-corrected chi connectivity index (χ1v) is 11.5. The number of carbonyl (C=O) groups is 1. The number of hydrogen-bond acceptors (Lipinski definition) is 7. The molecule has 0 spiro atoms. The van der Waals surface area contributed by atoms with Crippen molar-refractivity contribution in [3.8, 4) is 0 Å². The van der Waals surface area contributed by atoms with Gasteiger partial charge < -0.3 is 0 Å². The number of anilines is 1. The van der Waals surface area contributed by atoms with Crippen LogP contribution in [-0.4, -0.2) is 35.3 Å². The lowest BCUT2D eigenvalue weighted by Gasteiger charge is -2.07. The lowest BCUT2D eigenvalue weighted by Crippen LogP contribution is -2.26. The van der Waals surface area contributed by atoms with Crippen LogP contribution in [0.5, 0.6) is 0 Å². The molecule has 0 saturated heterocycles. The van der Waals surface area contributed by atoms with E-state index in [0.717, 1.165) is 23.2 Å². The Morgan fingerprint density at radius 3 is 2.60 bits per heavy atom. The molecular formula is C20H16N4O4S2. The topological polar surface area (TPSA) is 111 Å². The Kier molecular flexibility index (Phi) is 5.18. The molecule has 4 rings (SSSR count). The minimum Gasteiger partial charge on any atom is -0.296 e. The fraction of sp³-hybridized carbons (Fsp3) is 0.100. The molecule has 0 bridgehead atoms. The average molecular weight is 441 g/mol. The SMILES string of the molecule is CS(=O)(=O)c1ccc2nc(NC(=O)c3ccc(=O)n(Cc4ccccc4)n3)sc2c1. The lowest BCUT2D eigenvalue weighted by molar-refractivity contribution is 0.102. The predicted octanol–water partition coefficient (Wildman–Crippen LogP) is 2.56. The van der Waals surface area contributed by atoms with Gasteiger partial charge in [-0.25, -0.2) is 18.1 Å². The third-order valence-electron chi connectivity index (χ3n) is 4.28. The van der Waals surface area contributed by atoms with Crippen molar-refractivity contribution in [1.29, 1.82) is 0 Å². The highest BCUT2D eigenvalue weighted by molar-refractivity contribution is 7.90. The molecule has 10 heteroatoms. The van der Waals surface area contributed by atoms with Crippen molar-refractivity contribution in [2.45, 2.75) is 11.4 Å². The molecule has 0 unspecified atom stereocenters. The predicted molar refractivity (Wildman–Crippen MR) is 115 cm³/mol. The maximum atomic E-state index is 12.6. The molecule has 1 N–H and O–H groups in total. The van der Waals surface area contributed by atoms with Crippen LogP contribution in [0.3, 0.4) is 0 Å². The van der Waals surface area contributed by atoms with E-state index < -0.39 is 15.7 Å². The van der Waals surface area contributed by atoms with Gasteiger partial charge in [-0.15, -0.1) is 0 Å². The van der Waals surface area contributed by atoms with E-state index in [0.29, 0.717) is 15.3 Å². The number of fused-ring (bicyclic) bond motifs is 1. The summed E-state index contributed by atoms with van der Waals surface area (Å²) in [6.07, 6.45) is 1.13. The second kappa shape index (κ2) is 7.81. The van der Waals surface area contributed by atoms with Crippen LogP contribution in [-0.2, 0) is 16.4 Å². The molecule has 152 valence electrons. The molecule has 2 aromatic carbocycles. The molecule has 8 nitrogen and oxygen atoms in total. The summed E-state index contributed by atoms with van der Waals surface area (Å²) >= 11 is 1.16. The number of carbonyl (C=O) groups excluding carboxylic acids is 1. The number of nitrogens with zero attached hydrogens (tertiary/aromatic N) is 3. The van der Waals surface area contributed by atoms with Gasteiger partial charge in [-0.3, -0.25) is 14.9 Å². The fourth-order valence-electron chi connectivity index (χ4n) is 2.79. The third kappa shape index (κ3) is 4.29. The first kappa shape index (κ1) is 19.9. The van der Waals surface area contributed by atoms with Gasteiger partial charge in [0.1, 0.15) is 5.69 Å². The zero-order valence-electron chi connectivity index (χ0n) is 15.8. The minimum atomic E-state index is -3.34. The van der Waals surface area contributed by atoms with E-state index in [4.69, 9.17) is 0 Å². The Labute approximate surface area is 175 Å². The number of thiazole rings is 1. The van der Waals surface area contributed by atoms with Crippen molar-refractivity contribution in [3.05, 3.63) is 82.3 Å². The molecule has 1 amide bonds. The number of amides is 1. The number of sulfone groups is 1. The largest absolute Gasteiger partial charge is 0.296 e. The zero-order valence-corrected chi connectivity index (χ0v) is 17.4. The Morgan fingerprint density at radius 1 is 1.10 bits per heavy atom. The summed E-state index contributed by atoms with van der Waals surface area (Å²) in [6, 6.07) is 16.6. The van der Waals surface area contributed by atoms with Crippen molar-refractivity contribution in [3.63, 3.8) is 0 Å². The molecule has 0 atom stereocenters. The number of aromatic nitrogens is 3. The van der Waals surface area contributed by atoms with Gasteiger partial charge in [-0.05, 0) is 29.8 Å². The smallest absolute Gasteiger partial charge is 0.277 e. The molecule has 0 aliphatic carbocycles. The molecule has 0 fully saturated rings. The van der Waals surface area contributed by atoms with Crippen molar-refractivity contribution in [2.24, 2.45) is 0 Å². The molecule has 0 saturated carbocycles. The van der Waals surface area contributed by atoms with Crippen LogP contribution < -0.4 is 10.9 Å². The van der Waals surface area contributed by atoms with E-state index in [-0.39, 0.29) is 22.7 Å². The van der Waals surface area contributed by atoms with Crippen LogP contribution in [0.1, 0.15) is 16.1 Å². The van der Waals surface area contributed by atoms with Gasteiger partial charge in [0.25, 0.3) is 11.5 Å². The summed E-state index contributed by atoms with van der Waals surface area (Å²) in [7, 11) is -3.34. The summed E-state index contributed by atoms with van der Waals surface area (Å²) in [6.45, 7) is 0.246. The van der Waals surface area contributed by atoms with Gasteiger partial charge in [0, 0.05) is 12.3 Å². The molecular weight excluding hydrogens is 424 g/mol. The Balaban J connectivity index is 1.58. The Hall–Kier alpha value is -3.37. The van der Waals surface area contributed by atoms with Crippen molar-refractivity contribution >= 4 is 42.4 Å². The minimum absolute atomic E-state index is 0.0709. The maximum absolute atomic E-state index is 12.6. The zero-order chi connectivity index (χ0) is 21.3.